The minimum Gasteiger partial charge on any atom is -0.385 e. The van der Waals surface area contributed by atoms with Crippen LogP contribution >= 0.6 is 11.3 Å². The molecule has 2 aromatic heterocycles. The zero-order chi connectivity index (χ0) is 15.9. The summed E-state index contributed by atoms with van der Waals surface area (Å²) in [6.07, 6.45) is 4.90. The molecule has 1 aliphatic carbocycles. The van der Waals surface area contributed by atoms with Crippen molar-refractivity contribution in [3.05, 3.63) is 22.5 Å². The topological polar surface area (TPSA) is 46.8 Å². The Bertz CT molecular complexity index is 700. The number of hydrogen-bond acceptors (Lipinski definition) is 4. The molecular formula is C16H23N3O2S. The van der Waals surface area contributed by atoms with E-state index in [4.69, 9.17) is 4.74 Å². The van der Waals surface area contributed by atoms with Crippen molar-refractivity contribution >= 4 is 22.2 Å². The van der Waals surface area contributed by atoms with Crippen LogP contribution in [0.1, 0.15) is 35.5 Å². The fraction of sp³-hybridized carbons (Fsp3) is 0.625. The Morgan fingerprint density at radius 2 is 2.23 bits per heavy atom. The monoisotopic (exact) mass is 321 g/mol. The number of imidazole rings is 1. The second kappa shape index (κ2) is 5.66. The van der Waals surface area contributed by atoms with E-state index >= 15 is 0 Å². The van der Waals surface area contributed by atoms with Gasteiger partial charge in [0.15, 0.2) is 4.96 Å². The number of thiazole rings is 1. The summed E-state index contributed by atoms with van der Waals surface area (Å²) >= 11 is 1.68. The van der Waals surface area contributed by atoms with Crippen molar-refractivity contribution in [2.24, 2.45) is 5.41 Å². The molecular weight excluding hydrogens is 298 g/mol. The molecule has 2 aromatic rings. The van der Waals surface area contributed by atoms with Gasteiger partial charge in [-0.25, -0.2) is 4.98 Å². The molecule has 0 bridgehead atoms. The highest BCUT2D eigenvalue weighted by Gasteiger charge is 2.50. The van der Waals surface area contributed by atoms with Gasteiger partial charge >= 0.3 is 0 Å². The summed E-state index contributed by atoms with van der Waals surface area (Å²) in [5, 5.41) is 0. The maximum Gasteiger partial charge on any atom is 0.228 e. The molecule has 2 heterocycles. The number of ether oxygens (including phenoxy) is 1. The van der Waals surface area contributed by atoms with Crippen molar-refractivity contribution in [1.82, 2.24) is 14.3 Å². The summed E-state index contributed by atoms with van der Waals surface area (Å²) in [5.74, 6) is 0.242. The average Bonchev–Trinajstić information content (AvgIpc) is 3.12. The molecule has 0 aromatic carbocycles. The van der Waals surface area contributed by atoms with Crippen LogP contribution in [0.3, 0.4) is 0 Å². The SMILES string of the molecule is COCCC1(C(=O)N(C)Cc2c(C)nc3sc(C)cn23)CC1. The highest BCUT2D eigenvalue weighted by Crippen LogP contribution is 2.50. The minimum atomic E-state index is -0.174. The molecule has 0 unspecified atom stereocenters. The lowest BCUT2D eigenvalue weighted by atomic mass is 10.0. The summed E-state index contributed by atoms with van der Waals surface area (Å²) in [5.41, 5.74) is 1.94. The maximum absolute atomic E-state index is 12.8. The van der Waals surface area contributed by atoms with Crippen LogP contribution in [0.25, 0.3) is 4.96 Å². The van der Waals surface area contributed by atoms with Crippen molar-refractivity contribution in [3.63, 3.8) is 0 Å². The molecule has 22 heavy (non-hydrogen) atoms. The molecule has 0 radical (unpaired) electrons. The molecule has 0 spiro atoms. The van der Waals surface area contributed by atoms with Gasteiger partial charge in [-0.05, 0) is 33.1 Å². The number of amides is 1. The second-order valence-corrected chi connectivity index (χ2v) is 7.54. The third-order valence-corrected chi connectivity index (χ3v) is 5.46. The van der Waals surface area contributed by atoms with Crippen LogP contribution in [0.5, 0.6) is 0 Å². The largest absolute Gasteiger partial charge is 0.385 e. The van der Waals surface area contributed by atoms with Crippen LogP contribution in [-0.4, -0.2) is 41.0 Å². The highest BCUT2D eigenvalue weighted by atomic mass is 32.1. The van der Waals surface area contributed by atoms with E-state index < -0.39 is 0 Å². The zero-order valence-corrected chi connectivity index (χ0v) is 14.5. The van der Waals surface area contributed by atoms with E-state index in [2.05, 4.69) is 22.5 Å². The molecule has 5 nitrogen and oxygen atoms in total. The van der Waals surface area contributed by atoms with Gasteiger partial charge in [0.1, 0.15) is 0 Å². The fourth-order valence-electron chi connectivity index (χ4n) is 3.02. The van der Waals surface area contributed by atoms with Gasteiger partial charge in [-0.2, -0.15) is 0 Å². The minimum absolute atomic E-state index is 0.174. The molecule has 6 heteroatoms. The van der Waals surface area contributed by atoms with Crippen molar-refractivity contribution in [2.45, 2.75) is 39.7 Å². The Morgan fingerprint density at radius 1 is 1.50 bits per heavy atom. The number of aryl methyl sites for hydroxylation is 2. The third-order valence-electron chi connectivity index (χ3n) is 4.57. The van der Waals surface area contributed by atoms with Gasteiger partial charge in [0.25, 0.3) is 0 Å². The van der Waals surface area contributed by atoms with Gasteiger partial charge in [0.05, 0.1) is 23.3 Å². The number of aromatic nitrogens is 2. The molecule has 1 amide bonds. The van der Waals surface area contributed by atoms with Gasteiger partial charge in [-0.1, -0.05) is 0 Å². The summed E-state index contributed by atoms with van der Waals surface area (Å²) in [6.45, 7) is 5.35. The number of methoxy groups -OCH3 is 1. The second-order valence-electron chi connectivity index (χ2n) is 6.32. The van der Waals surface area contributed by atoms with E-state index in [0.717, 1.165) is 35.6 Å². The van der Waals surface area contributed by atoms with Gasteiger partial charge in [-0.3, -0.25) is 9.20 Å². The van der Waals surface area contributed by atoms with Crippen LogP contribution in [-0.2, 0) is 16.1 Å². The normalized spacial score (nSPS) is 16.2. The van der Waals surface area contributed by atoms with Crippen molar-refractivity contribution in [1.29, 1.82) is 0 Å². The first kappa shape index (κ1) is 15.5. The van der Waals surface area contributed by atoms with Crippen LogP contribution in [0, 0.1) is 19.3 Å². The van der Waals surface area contributed by atoms with Crippen molar-refractivity contribution in [3.8, 4) is 0 Å². The average molecular weight is 321 g/mol. The third kappa shape index (κ3) is 2.65. The Balaban J connectivity index is 1.77. The summed E-state index contributed by atoms with van der Waals surface area (Å²) < 4.78 is 7.27. The molecule has 0 atom stereocenters. The van der Waals surface area contributed by atoms with E-state index in [9.17, 15) is 4.79 Å². The summed E-state index contributed by atoms with van der Waals surface area (Å²) in [4.78, 5) is 21.4. The van der Waals surface area contributed by atoms with Crippen molar-refractivity contribution in [2.75, 3.05) is 20.8 Å². The first-order valence-corrected chi connectivity index (χ1v) is 8.47. The van der Waals surface area contributed by atoms with E-state index in [1.54, 1.807) is 18.4 Å². The van der Waals surface area contributed by atoms with Crippen LogP contribution < -0.4 is 0 Å². The van der Waals surface area contributed by atoms with E-state index in [1.807, 2.05) is 18.9 Å². The number of hydrogen-bond donors (Lipinski definition) is 0. The molecule has 1 saturated carbocycles. The Labute approximate surface area is 134 Å². The standard InChI is InChI=1S/C16H23N3O2S/c1-11-9-19-13(12(2)17-15(19)22-11)10-18(3)14(20)16(5-6-16)7-8-21-4/h9H,5-8,10H2,1-4H3. The Morgan fingerprint density at radius 3 is 2.86 bits per heavy atom. The quantitative estimate of drug-likeness (QED) is 0.822. The molecule has 0 N–H and O–H groups in total. The first-order valence-electron chi connectivity index (χ1n) is 7.65. The van der Waals surface area contributed by atoms with Crippen LogP contribution in [0.15, 0.2) is 6.20 Å². The predicted octanol–water partition coefficient (Wildman–Crippen LogP) is 2.79. The fourth-order valence-corrected chi connectivity index (χ4v) is 3.91. The van der Waals surface area contributed by atoms with Crippen LogP contribution in [0.4, 0.5) is 0 Å². The molecule has 120 valence electrons. The lowest BCUT2D eigenvalue weighted by Crippen LogP contribution is -2.34. The van der Waals surface area contributed by atoms with E-state index in [-0.39, 0.29) is 11.3 Å². The zero-order valence-electron chi connectivity index (χ0n) is 13.7. The van der Waals surface area contributed by atoms with E-state index in [0.29, 0.717) is 13.2 Å². The molecule has 1 fully saturated rings. The van der Waals surface area contributed by atoms with Crippen molar-refractivity contribution < 1.29 is 9.53 Å². The molecule has 1 aliphatic rings. The highest BCUT2D eigenvalue weighted by molar-refractivity contribution is 7.17. The van der Waals surface area contributed by atoms with Gasteiger partial charge in [0.2, 0.25) is 5.91 Å². The number of fused-ring (bicyclic) bond motifs is 1. The first-order chi connectivity index (χ1) is 10.5. The summed E-state index contributed by atoms with van der Waals surface area (Å²) in [6, 6.07) is 0. The molecule has 0 aliphatic heterocycles. The van der Waals surface area contributed by atoms with Gasteiger partial charge in [0, 0.05) is 31.8 Å². The molecule has 3 rings (SSSR count). The number of carbonyl (C=O) groups is 1. The molecule has 0 saturated heterocycles. The lowest BCUT2D eigenvalue weighted by molar-refractivity contribution is -0.137. The number of rotatable bonds is 6. The van der Waals surface area contributed by atoms with E-state index in [1.165, 1.54) is 4.88 Å². The smallest absolute Gasteiger partial charge is 0.228 e. The summed E-state index contributed by atoms with van der Waals surface area (Å²) in [7, 11) is 3.59. The Hall–Kier alpha value is -1.40. The number of carbonyl (C=O) groups excluding carboxylic acids is 1. The van der Waals surface area contributed by atoms with Gasteiger partial charge < -0.3 is 9.64 Å². The van der Waals surface area contributed by atoms with Gasteiger partial charge in [-0.15, -0.1) is 11.3 Å². The Kier molecular flexibility index (Phi) is 3.99. The number of nitrogens with zero attached hydrogens (tertiary/aromatic N) is 3. The lowest BCUT2D eigenvalue weighted by Gasteiger charge is -2.23. The van der Waals surface area contributed by atoms with Crippen LogP contribution in [0.2, 0.25) is 0 Å². The maximum atomic E-state index is 12.8. The predicted molar refractivity (Wildman–Crippen MR) is 87.2 cm³/mol.